The maximum atomic E-state index is 11.3. The molecule has 0 unspecified atom stereocenters. The molecule has 0 spiro atoms. The van der Waals surface area contributed by atoms with E-state index in [-0.39, 0.29) is 5.97 Å². The number of rotatable bonds is 8. The molecule has 2 aromatic rings. The molecule has 0 aliphatic carbocycles. The summed E-state index contributed by atoms with van der Waals surface area (Å²) in [5, 5.41) is 0. The van der Waals surface area contributed by atoms with Crippen molar-refractivity contribution in [2.75, 3.05) is 13.2 Å². The molecule has 1 aromatic carbocycles. The highest BCUT2D eigenvalue weighted by atomic mass is 16.5. The Labute approximate surface area is 135 Å². The maximum Gasteiger partial charge on any atom is 0.330 e. The number of esters is 1. The number of hydrogen-bond donors (Lipinski definition) is 0. The van der Waals surface area contributed by atoms with Gasteiger partial charge in [0.2, 0.25) is 0 Å². The molecule has 1 aromatic heterocycles. The zero-order valence-corrected chi connectivity index (χ0v) is 13.0. The van der Waals surface area contributed by atoms with E-state index in [0.29, 0.717) is 31.1 Å². The molecule has 1 heterocycles. The van der Waals surface area contributed by atoms with Gasteiger partial charge < -0.3 is 14.0 Å². The van der Waals surface area contributed by atoms with Crippen molar-refractivity contribution in [1.29, 1.82) is 0 Å². The lowest BCUT2D eigenvalue weighted by atomic mass is 10.2. The van der Waals surface area contributed by atoms with Crippen molar-refractivity contribution in [1.82, 2.24) is 4.57 Å². The van der Waals surface area contributed by atoms with Crippen molar-refractivity contribution < 1.29 is 19.1 Å². The fraction of sp³-hybridized carbons (Fsp3) is 0.222. The van der Waals surface area contributed by atoms with Crippen LogP contribution < -0.4 is 4.74 Å². The first-order valence-corrected chi connectivity index (χ1v) is 7.41. The third-order valence-corrected chi connectivity index (χ3v) is 3.14. The van der Waals surface area contributed by atoms with Crippen molar-refractivity contribution in [2.45, 2.75) is 13.5 Å². The van der Waals surface area contributed by atoms with Gasteiger partial charge in [0.1, 0.15) is 18.6 Å². The molecule has 0 radical (unpaired) electrons. The minimum Gasteiger partial charge on any atom is -0.492 e. The van der Waals surface area contributed by atoms with E-state index >= 15 is 0 Å². The first kappa shape index (κ1) is 16.5. The molecule has 0 aliphatic rings. The van der Waals surface area contributed by atoms with E-state index in [1.165, 1.54) is 6.08 Å². The molecule has 5 heteroatoms. The number of carbonyl (C=O) groups excluding carboxylic acids is 2. The van der Waals surface area contributed by atoms with Crippen LogP contribution in [0.2, 0.25) is 0 Å². The van der Waals surface area contributed by atoms with Crippen molar-refractivity contribution >= 4 is 18.3 Å². The molecule has 0 amide bonds. The van der Waals surface area contributed by atoms with Crippen LogP contribution >= 0.6 is 0 Å². The van der Waals surface area contributed by atoms with Crippen LogP contribution in [-0.2, 0) is 16.1 Å². The summed E-state index contributed by atoms with van der Waals surface area (Å²) in [6.07, 6.45) is 5.82. The second kappa shape index (κ2) is 8.58. The summed E-state index contributed by atoms with van der Waals surface area (Å²) < 4.78 is 12.5. The van der Waals surface area contributed by atoms with Crippen molar-refractivity contribution in [2.24, 2.45) is 0 Å². The number of aromatic nitrogens is 1. The van der Waals surface area contributed by atoms with Gasteiger partial charge in [-0.05, 0) is 37.3 Å². The highest BCUT2D eigenvalue weighted by Crippen LogP contribution is 2.12. The topological polar surface area (TPSA) is 57.5 Å². The average Bonchev–Trinajstić information content (AvgIpc) is 3.01. The minimum atomic E-state index is -0.359. The predicted molar refractivity (Wildman–Crippen MR) is 87.4 cm³/mol. The van der Waals surface area contributed by atoms with Crippen LogP contribution in [0, 0.1) is 0 Å². The molecule has 0 saturated heterocycles. The van der Waals surface area contributed by atoms with Crippen LogP contribution in [0.5, 0.6) is 5.75 Å². The van der Waals surface area contributed by atoms with Gasteiger partial charge in [0.25, 0.3) is 0 Å². The van der Waals surface area contributed by atoms with E-state index in [9.17, 15) is 9.59 Å². The van der Waals surface area contributed by atoms with Gasteiger partial charge in [0, 0.05) is 23.5 Å². The van der Waals surface area contributed by atoms with E-state index in [1.54, 1.807) is 31.2 Å². The molecule has 0 aliphatic heterocycles. The molecule has 0 bridgehead atoms. The summed E-state index contributed by atoms with van der Waals surface area (Å²) in [6, 6.07) is 10.8. The summed E-state index contributed by atoms with van der Waals surface area (Å²) >= 11 is 0. The third-order valence-electron chi connectivity index (χ3n) is 3.14. The smallest absolute Gasteiger partial charge is 0.330 e. The largest absolute Gasteiger partial charge is 0.492 e. The van der Waals surface area contributed by atoms with Gasteiger partial charge in [-0.3, -0.25) is 4.79 Å². The molecule has 0 atom stereocenters. The number of ether oxygens (including phenoxy) is 2. The molecule has 0 fully saturated rings. The van der Waals surface area contributed by atoms with Crippen LogP contribution in [0.3, 0.4) is 0 Å². The fourth-order valence-electron chi connectivity index (χ4n) is 2.07. The van der Waals surface area contributed by atoms with Gasteiger partial charge in [0.15, 0.2) is 0 Å². The Morgan fingerprint density at radius 1 is 1.26 bits per heavy atom. The second-order valence-electron chi connectivity index (χ2n) is 4.75. The van der Waals surface area contributed by atoms with Gasteiger partial charge >= 0.3 is 5.97 Å². The Kier molecular flexibility index (Phi) is 6.17. The van der Waals surface area contributed by atoms with E-state index in [0.717, 1.165) is 12.0 Å². The van der Waals surface area contributed by atoms with E-state index in [1.807, 2.05) is 29.0 Å². The summed E-state index contributed by atoms with van der Waals surface area (Å²) in [5.74, 6) is 0.299. The normalized spacial score (nSPS) is 10.7. The Morgan fingerprint density at radius 3 is 2.91 bits per heavy atom. The quantitative estimate of drug-likeness (QED) is 0.427. The Morgan fingerprint density at radius 2 is 2.13 bits per heavy atom. The summed E-state index contributed by atoms with van der Waals surface area (Å²) in [6.45, 7) is 3.21. The molecule has 120 valence electrons. The van der Waals surface area contributed by atoms with Gasteiger partial charge in [-0.25, -0.2) is 4.79 Å². The first-order chi connectivity index (χ1) is 11.2. The van der Waals surface area contributed by atoms with Gasteiger partial charge in [-0.1, -0.05) is 12.1 Å². The van der Waals surface area contributed by atoms with Gasteiger partial charge in [0.05, 0.1) is 13.2 Å². The molecule has 0 N–H and O–H groups in total. The predicted octanol–water partition coefficient (Wildman–Crippen LogP) is 2.96. The number of carbonyl (C=O) groups is 2. The van der Waals surface area contributed by atoms with Crippen LogP contribution in [-0.4, -0.2) is 30.0 Å². The number of hydrogen-bond acceptors (Lipinski definition) is 4. The summed E-state index contributed by atoms with van der Waals surface area (Å²) in [5.41, 5.74) is 1.48. The van der Waals surface area contributed by atoms with Crippen LogP contribution in [0.25, 0.3) is 6.08 Å². The molecular weight excluding hydrogens is 294 g/mol. The van der Waals surface area contributed by atoms with Gasteiger partial charge in [-0.15, -0.1) is 0 Å². The highest BCUT2D eigenvalue weighted by Gasteiger charge is 2.01. The van der Waals surface area contributed by atoms with E-state index in [2.05, 4.69) is 0 Å². The highest BCUT2D eigenvalue weighted by molar-refractivity contribution is 5.86. The zero-order valence-electron chi connectivity index (χ0n) is 13.0. The lowest BCUT2D eigenvalue weighted by Crippen LogP contribution is -2.08. The van der Waals surface area contributed by atoms with E-state index < -0.39 is 0 Å². The number of nitrogens with zero attached hydrogens (tertiary/aromatic N) is 1. The summed E-state index contributed by atoms with van der Waals surface area (Å²) in [4.78, 5) is 22.1. The Balaban J connectivity index is 1.90. The standard InChI is InChI=1S/C18H19NO4/c1-2-22-18(21)9-8-16-6-4-10-19(16)11-12-23-17-7-3-5-15(13-17)14-20/h3-10,13-14H,2,11-12H2,1H3/b9-8+. The zero-order chi connectivity index (χ0) is 16.5. The number of aldehydes is 1. The lowest BCUT2D eigenvalue weighted by molar-refractivity contribution is -0.137. The first-order valence-electron chi connectivity index (χ1n) is 7.41. The SMILES string of the molecule is CCOC(=O)/C=C/c1cccn1CCOc1cccc(C=O)c1. The third kappa shape index (κ3) is 5.14. The average molecular weight is 313 g/mol. The molecule has 23 heavy (non-hydrogen) atoms. The Bertz CT molecular complexity index is 688. The van der Waals surface area contributed by atoms with Gasteiger partial charge in [-0.2, -0.15) is 0 Å². The van der Waals surface area contributed by atoms with Crippen LogP contribution in [0.1, 0.15) is 23.0 Å². The second-order valence-corrected chi connectivity index (χ2v) is 4.75. The molecule has 2 rings (SSSR count). The van der Waals surface area contributed by atoms with Crippen LogP contribution in [0.4, 0.5) is 0 Å². The molecular formula is C18H19NO4. The minimum absolute atomic E-state index is 0.359. The van der Waals surface area contributed by atoms with E-state index in [4.69, 9.17) is 9.47 Å². The number of benzene rings is 1. The van der Waals surface area contributed by atoms with Crippen molar-refractivity contribution in [3.63, 3.8) is 0 Å². The molecule has 0 saturated carbocycles. The van der Waals surface area contributed by atoms with Crippen molar-refractivity contribution in [3.05, 3.63) is 59.9 Å². The monoisotopic (exact) mass is 313 g/mol. The maximum absolute atomic E-state index is 11.3. The lowest BCUT2D eigenvalue weighted by Gasteiger charge is -2.09. The van der Waals surface area contributed by atoms with Crippen molar-refractivity contribution in [3.8, 4) is 5.75 Å². The summed E-state index contributed by atoms with van der Waals surface area (Å²) in [7, 11) is 0. The fourth-order valence-corrected chi connectivity index (χ4v) is 2.07. The Hall–Kier alpha value is -2.82. The molecule has 5 nitrogen and oxygen atoms in total. The van der Waals surface area contributed by atoms with Crippen LogP contribution in [0.15, 0.2) is 48.7 Å².